The molecule has 0 unspecified atom stereocenters. The topological polar surface area (TPSA) is 32.6 Å². The Bertz CT molecular complexity index is 666. The fourth-order valence-electron chi connectivity index (χ4n) is 1.76. The second-order valence-corrected chi connectivity index (χ2v) is 5.05. The number of benzene rings is 2. The molecule has 0 aliphatic rings. The summed E-state index contributed by atoms with van der Waals surface area (Å²) in [6, 6.07) is 10.5. The second-order valence-electron chi connectivity index (χ2n) is 4.20. The summed E-state index contributed by atoms with van der Waals surface area (Å²) in [4.78, 5) is 4.27. The van der Waals surface area contributed by atoms with Crippen molar-refractivity contribution in [3.63, 3.8) is 0 Å². The van der Waals surface area contributed by atoms with E-state index in [1.165, 1.54) is 0 Å². The molecule has 0 saturated carbocycles. The highest BCUT2D eigenvalue weighted by molar-refractivity contribution is 6.35. The molecule has 0 spiro atoms. The summed E-state index contributed by atoms with van der Waals surface area (Å²) < 4.78 is 0. The fraction of sp³-hybridized carbons (Fsp3) is 0.0625. The molecular formula is C16H13Cl2NO. The fourth-order valence-corrected chi connectivity index (χ4v) is 2.09. The molecule has 0 aliphatic heterocycles. The zero-order valence-corrected chi connectivity index (χ0v) is 12.2. The maximum atomic E-state index is 10.1. The lowest BCUT2D eigenvalue weighted by atomic mass is 10.1. The van der Waals surface area contributed by atoms with Crippen molar-refractivity contribution in [1.29, 1.82) is 0 Å². The first-order valence-corrected chi connectivity index (χ1v) is 6.78. The number of phenols is 1. The Labute approximate surface area is 128 Å². The highest BCUT2D eigenvalue weighted by Gasteiger charge is 2.04. The van der Waals surface area contributed by atoms with Gasteiger partial charge in [0.05, 0.1) is 10.7 Å². The summed E-state index contributed by atoms with van der Waals surface area (Å²) in [5, 5.41) is 11.2. The van der Waals surface area contributed by atoms with Crippen LogP contribution in [0.2, 0.25) is 10.0 Å². The van der Waals surface area contributed by atoms with Crippen molar-refractivity contribution in [2.45, 2.75) is 6.42 Å². The molecular weight excluding hydrogens is 293 g/mol. The lowest BCUT2D eigenvalue weighted by Crippen LogP contribution is -1.88. The van der Waals surface area contributed by atoms with E-state index in [0.29, 0.717) is 27.7 Å². The highest BCUT2D eigenvalue weighted by Crippen LogP contribution is 2.29. The van der Waals surface area contributed by atoms with Crippen molar-refractivity contribution in [2.24, 2.45) is 4.99 Å². The van der Waals surface area contributed by atoms with Crippen molar-refractivity contribution in [3.8, 4) is 5.75 Å². The molecule has 2 nitrogen and oxygen atoms in total. The third kappa shape index (κ3) is 3.41. The molecule has 0 aliphatic carbocycles. The highest BCUT2D eigenvalue weighted by atomic mass is 35.5. The Hall–Kier alpha value is -1.77. The lowest BCUT2D eigenvalue weighted by molar-refractivity contribution is 0.469. The van der Waals surface area contributed by atoms with Gasteiger partial charge in [-0.3, -0.25) is 4.99 Å². The van der Waals surface area contributed by atoms with E-state index in [9.17, 15) is 5.11 Å². The molecule has 0 heterocycles. The van der Waals surface area contributed by atoms with Gasteiger partial charge in [-0.2, -0.15) is 0 Å². The zero-order valence-electron chi connectivity index (χ0n) is 10.7. The normalized spacial score (nSPS) is 10.9. The number of allylic oxidation sites excluding steroid dienone is 1. The van der Waals surface area contributed by atoms with E-state index in [4.69, 9.17) is 23.2 Å². The molecule has 0 saturated heterocycles. The predicted molar refractivity (Wildman–Crippen MR) is 85.7 cm³/mol. The van der Waals surface area contributed by atoms with Crippen LogP contribution in [0.4, 0.5) is 5.69 Å². The van der Waals surface area contributed by atoms with E-state index < -0.39 is 0 Å². The zero-order chi connectivity index (χ0) is 14.5. The average Bonchev–Trinajstić information content (AvgIpc) is 2.43. The van der Waals surface area contributed by atoms with Crippen LogP contribution in [0.5, 0.6) is 5.75 Å². The average molecular weight is 306 g/mol. The van der Waals surface area contributed by atoms with Gasteiger partial charge in [-0.15, -0.1) is 6.58 Å². The van der Waals surface area contributed by atoms with Gasteiger partial charge in [0.25, 0.3) is 0 Å². The van der Waals surface area contributed by atoms with Crippen LogP contribution in [0.25, 0.3) is 0 Å². The molecule has 0 atom stereocenters. The Morgan fingerprint density at radius 3 is 2.75 bits per heavy atom. The van der Waals surface area contributed by atoms with Crippen LogP contribution in [0.3, 0.4) is 0 Å². The summed E-state index contributed by atoms with van der Waals surface area (Å²) >= 11 is 11.9. The number of aromatic hydroxyl groups is 1. The van der Waals surface area contributed by atoms with Crippen LogP contribution in [-0.4, -0.2) is 11.3 Å². The van der Waals surface area contributed by atoms with Gasteiger partial charge >= 0.3 is 0 Å². The summed E-state index contributed by atoms with van der Waals surface area (Å²) in [5.41, 5.74) is 1.99. The number of para-hydroxylation sites is 1. The molecule has 102 valence electrons. The second kappa shape index (κ2) is 6.60. The Morgan fingerprint density at radius 2 is 2.00 bits per heavy atom. The number of nitrogens with zero attached hydrogens (tertiary/aromatic N) is 1. The van der Waals surface area contributed by atoms with Gasteiger partial charge in [0, 0.05) is 16.8 Å². The maximum Gasteiger partial charge on any atom is 0.127 e. The van der Waals surface area contributed by atoms with E-state index >= 15 is 0 Å². The van der Waals surface area contributed by atoms with E-state index in [1.54, 1.807) is 36.6 Å². The molecule has 2 rings (SSSR count). The maximum absolute atomic E-state index is 10.1. The lowest BCUT2D eigenvalue weighted by Gasteiger charge is -2.05. The van der Waals surface area contributed by atoms with E-state index in [1.807, 2.05) is 12.1 Å². The van der Waals surface area contributed by atoms with Crippen LogP contribution in [0.15, 0.2) is 54.0 Å². The van der Waals surface area contributed by atoms with E-state index in [0.717, 1.165) is 5.56 Å². The smallest absolute Gasteiger partial charge is 0.127 e. The first-order valence-electron chi connectivity index (χ1n) is 6.02. The molecule has 0 amide bonds. The van der Waals surface area contributed by atoms with Crippen LogP contribution < -0.4 is 0 Å². The van der Waals surface area contributed by atoms with Crippen molar-refractivity contribution in [3.05, 3.63) is 70.2 Å². The number of hydrogen-bond donors (Lipinski definition) is 1. The van der Waals surface area contributed by atoms with Crippen molar-refractivity contribution >= 4 is 35.1 Å². The molecule has 4 heteroatoms. The van der Waals surface area contributed by atoms with Crippen LogP contribution in [0, 0.1) is 0 Å². The monoisotopic (exact) mass is 305 g/mol. The molecule has 0 radical (unpaired) electrons. The van der Waals surface area contributed by atoms with Gasteiger partial charge < -0.3 is 5.11 Å². The van der Waals surface area contributed by atoms with Crippen LogP contribution in [-0.2, 0) is 6.42 Å². The number of aliphatic imine (C=N–C) groups is 1. The van der Waals surface area contributed by atoms with Gasteiger partial charge in [0.1, 0.15) is 5.75 Å². The van der Waals surface area contributed by atoms with Crippen molar-refractivity contribution < 1.29 is 5.11 Å². The van der Waals surface area contributed by atoms with E-state index in [-0.39, 0.29) is 5.75 Å². The van der Waals surface area contributed by atoms with Crippen LogP contribution in [0.1, 0.15) is 11.1 Å². The molecule has 1 N–H and O–H groups in total. The minimum atomic E-state index is 0.203. The number of phenolic OH excluding ortho intramolecular Hbond substituents is 1. The van der Waals surface area contributed by atoms with Gasteiger partial charge in [-0.25, -0.2) is 0 Å². The molecule has 2 aromatic carbocycles. The third-order valence-electron chi connectivity index (χ3n) is 2.77. The largest absolute Gasteiger partial charge is 0.507 e. The van der Waals surface area contributed by atoms with Crippen LogP contribution >= 0.6 is 23.2 Å². The standard InChI is InChI=1S/C16H13Cl2NO/c1-2-4-11-5-3-6-12(16(11)20)10-19-15-9-13(17)7-8-14(15)18/h2-3,5-10,20H,1,4H2. The summed E-state index contributed by atoms with van der Waals surface area (Å²) in [6.07, 6.45) is 3.91. The van der Waals surface area contributed by atoms with Gasteiger partial charge in [0.15, 0.2) is 0 Å². The number of hydrogen-bond acceptors (Lipinski definition) is 2. The van der Waals surface area contributed by atoms with Gasteiger partial charge in [-0.1, -0.05) is 41.4 Å². The molecule has 0 aromatic heterocycles. The molecule has 20 heavy (non-hydrogen) atoms. The van der Waals surface area contributed by atoms with Crippen molar-refractivity contribution in [2.75, 3.05) is 0 Å². The first kappa shape index (κ1) is 14.6. The minimum Gasteiger partial charge on any atom is -0.507 e. The molecule has 2 aromatic rings. The Morgan fingerprint density at radius 1 is 1.20 bits per heavy atom. The summed E-state index contributed by atoms with van der Waals surface area (Å²) in [7, 11) is 0. The third-order valence-corrected chi connectivity index (χ3v) is 3.32. The molecule has 0 bridgehead atoms. The number of halogens is 2. The predicted octanol–water partition coefficient (Wildman–Crippen LogP) is 5.18. The van der Waals surface area contributed by atoms with Crippen molar-refractivity contribution in [1.82, 2.24) is 0 Å². The van der Waals surface area contributed by atoms with Gasteiger partial charge in [0.2, 0.25) is 0 Å². The summed E-state index contributed by atoms with van der Waals surface area (Å²) in [6.45, 7) is 3.66. The minimum absolute atomic E-state index is 0.203. The van der Waals surface area contributed by atoms with E-state index in [2.05, 4.69) is 11.6 Å². The number of rotatable bonds is 4. The Balaban J connectivity index is 2.34. The quantitative estimate of drug-likeness (QED) is 0.613. The van der Waals surface area contributed by atoms with Gasteiger partial charge in [-0.05, 0) is 36.2 Å². The first-order chi connectivity index (χ1) is 9.61. The molecule has 0 fully saturated rings. The SMILES string of the molecule is C=CCc1cccc(C=Nc2cc(Cl)ccc2Cl)c1O. The summed E-state index contributed by atoms with van der Waals surface area (Å²) in [5.74, 6) is 0.203. The Kier molecular flexibility index (Phi) is 4.83.